The van der Waals surface area contributed by atoms with Crippen LogP contribution < -0.4 is 0 Å². The summed E-state index contributed by atoms with van der Waals surface area (Å²) in [6.07, 6.45) is 17.7. The normalized spacial score (nSPS) is 10.8. The molecule has 0 saturated carbocycles. The van der Waals surface area contributed by atoms with Crippen molar-refractivity contribution in [2.75, 3.05) is 0 Å². The number of carbonyl (C=O) groups is 1. The number of hydrogen-bond acceptors (Lipinski definition) is 1. The van der Waals surface area contributed by atoms with Crippen LogP contribution in [-0.2, 0) is 0 Å². The SMILES string of the molecule is CCCCCCCCCCCCCCC[Te]C(=O)O. The van der Waals surface area contributed by atoms with Crippen LogP contribution in [0.15, 0.2) is 0 Å². The van der Waals surface area contributed by atoms with Crippen LogP contribution in [0.4, 0.5) is 4.79 Å². The van der Waals surface area contributed by atoms with Crippen molar-refractivity contribution in [3.05, 3.63) is 0 Å². The summed E-state index contributed by atoms with van der Waals surface area (Å²) in [6.45, 7) is 2.27. The van der Waals surface area contributed by atoms with Crippen molar-refractivity contribution < 1.29 is 9.90 Å². The molecule has 0 heterocycles. The second kappa shape index (κ2) is 16.3. The minimum absolute atomic E-state index is 0.524. The first kappa shape index (κ1) is 19.3. The first-order valence-electron chi connectivity index (χ1n) is 8.13. The predicted octanol–water partition coefficient (Wildman–Crippen LogP) is 5.88. The van der Waals surface area contributed by atoms with Gasteiger partial charge in [-0.3, -0.25) is 0 Å². The molecule has 0 aromatic carbocycles. The molecule has 1 N–H and O–H groups in total. The fraction of sp³-hybridized carbons (Fsp3) is 0.938. The van der Waals surface area contributed by atoms with Gasteiger partial charge in [0, 0.05) is 0 Å². The van der Waals surface area contributed by atoms with Gasteiger partial charge < -0.3 is 0 Å². The van der Waals surface area contributed by atoms with Crippen molar-refractivity contribution >= 4 is 24.9 Å². The summed E-state index contributed by atoms with van der Waals surface area (Å²) in [5.74, 6) is 0. The fourth-order valence-corrected chi connectivity index (χ4v) is 3.77. The van der Waals surface area contributed by atoms with E-state index in [0.717, 1.165) is 10.9 Å². The molecule has 0 spiro atoms. The molecule has 0 atom stereocenters. The van der Waals surface area contributed by atoms with Gasteiger partial charge in [0.15, 0.2) is 0 Å². The molecule has 3 heteroatoms. The molecule has 0 radical (unpaired) electrons. The summed E-state index contributed by atoms with van der Waals surface area (Å²) >= 11 is -0.724. The van der Waals surface area contributed by atoms with E-state index in [4.69, 9.17) is 5.11 Å². The molecule has 0 fully saturated rings. The van der Waals surface area contributed by atoms with Gasteiger partial charge in [0.25, 0.3) is 0 Å². The third-order valence-electron chi connectivity index (χ3n) is 3.47. The van der Waals surface area contributed by atoms with Crippen LogP contribution in [-0.4, -0.2) is 30.0 Å². The van der Waals surface area contributed by atoms with E-state index in [-0.39, 0.29) is 0 Å². The van der Waals surface area contributed by atoms with E-state index in [9.17, 15) is 4.79 Å². The molecular formula is C16H32O2Te. The Kier molecular flexibility index (Phi) is 16.5. The van der Waals surface area contributed by atoms with Crippen molar-refractivity contribution in [3.8, 4) is 0 Å². The number of hydrogen-bond donors (Lipinski definition) is 1. The Morgan fingerprint density at radius 1 is 0.737 bits per heavy atom. The molecule has 0 aliphatic heterocycles. The molecular weight excluding hydrogens is 352 g/mol. The summed E-state index contributed by atoms with van der Waals surface area (Å²) in [5.41, 5.74) is 0. The Labute approximate surface area is 129 Å². The molecule has 0 unspecified atom stereocenters. The second-order valence-corrected chi connectivity index (χ2v) is 8.34. The molecule has 0 rings (SSSR count). The average molecular weight is 384 g/mol. The van der Waals surface area contributed by atoms with Crippen molar-refractivity contribution in [2.24, 2.45) is 0 Å². The van der Waals surface area contributed by atoms with Crippen LogP contribution >= 0.6 is 0 Å². The molecule has 0 bridgehead atoms. The zero-order valence-electron chi connectivity index (χ0n) is 12.7. The van der Waals surface area contributed by atoms with Gasteiger partial charge in [-0.05, 0) is 0 Å². The fourth-order valence-electron chi connectivity index (χ4n) is 2.28. The number of carboxylic acid groups (broad SMARTS) is 1. The quantitative estimate of drug-likeness (QED) is 0.283. The van der Waals surface area contributed by atoms with Gasteiger partial charge in [-0.15, -0.1) is 0 Å². The van der Waals surface area contributed by atoms with E-state index in [2.05, 4.69) is 6.92 Å². The van der Waals surface area contributed by atoms with Crippen molar-refractivity contribution in [1.82, 2.24) is 0 Å². The van der Waals surface area contributed by atoms with Crippen LogP contribution in [0.1, 0.15) is 90.4 Å². The Hall–Kier alpha value is 0.260. The molecule has 114 valence electrons. The maximum absolute atomic E-state index is 10.4. The van der Waals surface area contributed by atoms with Crippen LogP contribution in [0.25, 0.3) is 0 Å². The Morgan fingerprint density at radius 3 is 1.47 bits per heavy atom. The average Bonchev–Trinajstić information content (AvgIpc) is 2.39. The molecule has 19 heavy (non-hydrogen) atoms. The van der Waals surface area contributed by atoms with Crippen LogP contribution in [0.3, 0.4) is 0 Å². The summed E-state index contributed by atoms with van der Waals surface area (Å²) in [6, 6.07) is 0. The third kappa shape index (κ3) is 18.3. The molecule has 0 aliphatic rings. The monoisotopic (exact) mass is 386 g/mol. The molecule has 0 amide bonds. The van der Waals surface area contributed by atoms with Gasteiger partial charge in [-0.1, -0.05) is 19.8 Å². The van der Waals surface area contributed by atoms with E-state index in [0.29, 0.717) is 0 Å². The Balaban J connectivity index is 2.93. The summed E-state index contributed by atoms with van der Waals surface area (Å²) in [7, 11) is 0. The van der Waals surface area contributed by atoms with E-state index >= 15 is 0 Å². The predicted molar refractivity (Wildman–Crippen MR) is 84.3 cm³/mol. The zero-order chi connectivity index (χ0) is 14.2. The number of unbranched alkanes of at least 4 members (excludes halogenated alkanes) is 12. The van der Waals surface area contributed by atoms with E-state index < -0.39 is 24.9 Å². The van der Waals surface area contributed by atoms with Crippen molar-refractivity contribution in [3.63, 3.8) is 0 Å². The van der Waals surface area contributed by atoms with Crippen molar-refractivity contribution in [1.29, 1.82) is 0 Å². The molecule has 0 aromatic heterocycles. The molecule has 0 saturated heterocycles. The van der Waals surface area contributed by atoms with Gasteiger partial charge in [-0.25, -0.2) is 0 Å². The molecule has 2 nitrogen and oxygen atoms in total. The first-order valence-corrected chi connectivity index (χ1v) is 10.9. The van der Waals surface area contributed by atoms with E-state index in [1.54, 1.807) is 0 Å². The summed E-state index contributed by atoms with van der Waals surface area (Å²) in [4.78, 5) is 10.4. The zero-order valence-corrected chi connectivity index (χ0v) is 15.0. The van der Waals surface area contributed by atoms with Crippen LogP contribution in [0, 0.1) is 0 Å². The Morgan fingerprint density at radius 2 is 1.11 bits per heavy atom. The van der Waals surface area contributed by atoms with Crippen molar-refractivity contribution in [2.45, 2.75) is 94.9 Å². The van der Waals surface area contributed by atoms with Crippen LogP contribution in [0.5, 0.6) is 0 Å². The third-order valence-corrected chi connectivity index (χ3v) is 5.58. The number of rotatable bonds is 15. The van der Waals surface area contributed by atoms with Gasteiger partial charge >= 0.3 is 110 Å². The van der Waals surface area contributed by atoms with Gasteiger partial charge in [-0.2, -0.15) is 0 Å². The van der Waals surface area contributed by atoms with Gasteiger partial charge in [0.05, 0.1) is 0 Å². The van der Waals surface area contributed by atoms with E-state index in [1.165, 1.54) is 77.0 Å². The van der Waals surface area contributed by atoms with E-state index in [1.807, 2.05) is 0 Å². The topological polar surface area (TPSA) is 37.3 Å². The molecule has 0 aromatic rings. The summed E-state index contributed by atoms with van der Waals surface area (Å²) < 4.78 is 0.460. The second-order valence-electron chi connectivity index (χ2n) is 5.36. The van der Waals surface area contributed by atoms with Gasteiger partial charge in [0.2, 0.25) is 0 Å². The minimum atomic E-state index is -0.724. The van der Waals surface area contributed by atoms with Gasteiger partial charge in [0.1, 0.15) is 0 Å². The summed E-state index contributed by atoms with van der Waals surface area (Å²) in [5, 5.41) is 8.56. The Bertz CT molecular complexity index is 195. The standard InChI is InChI=1S/C16H32O2Te/c1-2-3-4-5-6-7-8-9-10-11-12-13-14-15-19-16(17)18/h2-15H2,1H3,(H,17,18). The van der Waals surface area contributed by atoms with Crippen LogP contribution in [0.2, 0.25) is 4.47 Å². The molecule has 0 aliphatic carbocycles. The first-order chi connectivity index (χ1) is 9.27. The maximum atomic E-state index is 10.4.